The van der Waals surface area contributed by atoms with Crippen LogP contribution in [0.3, 0.4) is 0 Å². The number of nitrogens with zero attached hydrogens (tertiary/aromatic N) is 1. The van der Waals surface area contributed by atoms with Gasteiger partial charge < -0.3 is 4.74 Å². The highest BCUT2D eigenvalue weighted by Crippen LogP contribution is 2.26. The second kappa shape index (κ2) is 6.59. The third kappa shape index (κ3) is 4.14. The zero-order valence-electron chi connectivity index (χ0n) is 9.69. The van der Waals surface area contributed by atoms with Gasteiger partial charge >= 0.3 is 5.69 Å². The number of amides is 1. The molecule has 104 valence electrons. The number of ether oxygens (including phenoxy) is 1. The fourth-order valence-electron chi connectivity index (χ4n) is 1.26. The van der Waals surface area contributed by atoms with E-state index in [1.807, 2.05) is 5.43 Å². The summed E-state index contributed by atoms with van der Waals surface area (Å²) in [6, 6.07) is 1.04. The van der Waals surface area contributed by atoms with E-state index < -0.39 is 33.9 Å². The summed E-state index contributed by atoms with van der Waals surface area (Å²) in [6.45, 7) is -0.0540. The molecule has 0 fully saturated rings. The molecule has 0 aromatic heterocycles. The van der Waals surface area contributed by atoms with Crippen LogP contribution in [-0.2, 0) is 4.79 Å². The van der Waals surface area contributed by atoms with Gasteiger partial charge in [-0.25, -0.2) is 10.2 Å². The fraction of sp³-hybridized carbons (Fsp3) is 0.300. The molecule has 0 aliphatic carbocycles. The summed E-state index contributed by atoms with van der Waals surface area (Å²) in [5.74, 6) is 1.74. The molecule has 0 heterocycles. The first-order valence-corrected chi connectivity index (χ1v) is 5.21. The largest absolute Gasteiger partial charge is 0.490 e. The van der Waals surface area contributed by atoms with Crippen LogP contribution in [0, 0.1) is 21.7 Å². The number of halogens is 2. The van der Waals surface area contributed by atoms with Crippen LogP contribution < -0.4 is 16.0 Å². The van der Waals surface area contributed by atoms with Crippen LogP contribution in [-0.4, -0.2) is 17.4 Å². The van der Waals surface area contributed by atoms with Crippen molar-refractivity contribution < 1.29 is 23.2 Å². The summed E-state index contributed by atoms with van der Waals surface area (Å²) in [5.41, 5.74) is 0.935. The van der Waals surface area contributed by atoms with Gasteiger partial charge in [0.1, 0.15) is 0 Å². The summed E-state index contributed by atoms with van der Waals surface area (Å²) in [5, 5.41) is 10.4. The lowest BCUT2D eigenvalue weighted by Gasteiger charge is -2.07. The van der Waals surface area contributed by atoms with Gasteiger partial charge in [-0.3, -0.25) is 20.3 Å². The van der Waals surface area contributed by atoms with Crippen LogP contribution >= 0.6 is 0 Å². The first-order valence-electron chi connectivity index (χ1n) is 5.21. The molecule has 0 saturated heterocycles. The lowest BCUT2D eigenvalue weighted by molar-refractivity contribution is -0.387. The molecular weight excluding hydrogens is 264 g/mol. The second-order valence-electron chi connectivity index (χ2n) is 3.51. The Morgan fingerprint density at radius 3 is 2.68 bits per heavy atom. The molecule has 0 atom stereocenters. The topological polar surface area (TPSA) is 107 Å². The molecule has 0 unspecified atom stereocenters. The van der Waals surface area contributed by atoms with Crippen LogP contribution in [0.2, 0.25) is 0 Å². The Morgan fingerprint density at radius 1 is 1.42 bits per heavy atom. The minimum absolute atomic E-state index is 0.0540. The van der Waals surface area contributed by atoms with Gasteiger partial charge in [0, 0.05) is 12.5 Å². The van der Waals surface area contributed by atoms with E-state index in [4.69, 9.17) is 10.6 Å². The molecule has 19 heavy (non-hydrogen) atoms. The summed E-state index contributed by atoms with van der Waals surface area (Å²) in [7, 11) is 0. The van der Waals surface area contributed by atoms with Gasteiger partial charge in [-0.05, 0) is 6.42 Å². The van der Waals surface area contributed by atoms with Crippen molar-refractivity contribution in [3.8, 4) is 5.75 Å². The molecule has 0 aliphatic heterocycles. The molecule has 0 spiro atoms. The van der Waals surface area contributed by atoms with Crippen molar-refractivity contribution in [3.05, 3.63) is 33.9 Å². The van der Waals surface area contributed by atoms with Gasteiger partial charge in [0.15, 0.2) is 11.6 Å². The SMILES string of the molecule is NNC(=O)CCCOc1cc(F)c([N+](=O)[O-])cc1F. The van der Waals surface area contributed by atoms with E-state index in [1.54, 1.807) is 0 Å². The molecule has 0 saturated carbocycles. The zero-order valence-corrected chi connectivity index (χ0v) is 9.69. The van der Waals surface area contributed by atoms with E-state index in [0.717, 1.165) is 0 Å². The maximum absolute atomic E-state index is 13.3. The van der Waals surface area contributed by atoms with E-state index in [9.17, 15) is 23.7 Å². The Bertz CT molecular complexity index is 496. The zero-order chi connectivity index (χ0) is 14.4. The maximum Gasteiger partial charge on any atom is 0.307 e. The summed E-state index contributed by atoms with van der Waals surface area (Å²) >= 11 is 0. The molecule has 0 aliphatic rings. The van der Waals surface area contributed by atoms with Gasteiger partial charge in [0.25, 0.3) is 0 Å². The van der Waals surface area contributed by atoms with Crippen molar-refractivity contribution in [2.45, 2.75) is 12.8 Å². The smallest absolute Gasteiger partial charge is 0.307 e. The van der Waals surface area contributed by atoms with Crippen LogP contribution in [0.5, 0.6) is 5.75 Å². The van der Waals surface area contributed by atoms with Crippen molar-refractivity contribution in [2.75, 3.05) is 6.61 Å². The third-order valence-corrected chi connectivity index (χ3v) is 2.16. The molecule has 0 bridgehead atoms. The molecule has 7 nitrogen and oxygen atoms in total. The number of nitrogens with one attached hydrogen (secondary N) is 1. The van der Waals surface area contributed by atoms with Crippen molar-refractivity contribution >= 4 is 11.6 Å². The predicted octanol–water partition coefficient (Wildman–Crippen LogP) is 1.02. The number of carbonyl (C=O) groups excluding carboxylic acids is 1. The number of nitro benzene ring substituents is 1. The Labute approximate surface area is 106 Å². The number of rotatable bonds is 6. The molecule has 9 heteroatoms. The maximum atomic E-state index is 13.3. The number of carbonyl (C=O) groups is 1. The van der Waals surface area contributed by atoms with Gasteiger partial charge in [-0.2, -0.15) is 4.39 Å². The van der Waals surface area contributed by atoms with Crippen LogP contribution in [0.4, 0.5) is 14.5 Å². The monoisotopic (exact) mass is 275 g/mol. The van der Waals surface area contributed by atoms with Gasteiger partial charge in [-0.1, -0.05) is 0 Å². The minimum Gasteiger partial charge on any atom is -0.490 e. The normalized spacial score (nSPS) is 10.1. The van der Waals surface area contributed by atoms with Crippen LogP contribution in [0.1, 0.15) is 12.8 Å². The first-order chi connectivity index (χ1) is 8.95. The average Bonchev–Trinajstić information content (AvgIpc) is 2.37. The fourth-order valence-corrected chi connectivity index (χ4v) is 1.26. The Balaban J connectivity index is 2.62. The highest BCUT2D eigenvalue weighted by Gasteiger charge is 2.19. The lowest BCUT2D eigenvalue weighted by atomic mass is 10.2. The van der Waals surface area contributed by atoms with E-state index in [-0.39, 0.29) is 19.4 Å². The van der Waals surface area contributed by atoms with E-state index >= 15 is 0 Å². The number of hydrazine groups is 1. The number of benzene rings is 1. The van der Waals surface area contributed by atoms with Crippen molar-refractivity contribution in [1.82, 2.24) is 5.43 Å². The van der Waals surface area contributed by atoms with Crippen LogP contribution in [0.15, 0.2) is 12.1 Å². The third-order valence-electron chi connectivity index (χ3n) is 2.16. The summed E-state index contributed by atoms with van der Waals surface area (Å²) in [4.78, 5) is 20.1. The molecule has 0 radical (unpaired) electrons. The predicted molar refractivity (Wildman–Crippen MR) is 60.1 cm³/mol. The van der Waals surface area contributed by atoms with Crippen LogP contribution in [0.25, 0.3) is 0 Å². The number of nitro groups is 1. The molecule has 1 aromatic carbocycles. The van der Waals surface area contributed by atoms with Gasteiger partial charge in [0.05, 0.1) is 17.6 Å². The lowest BCUT2D eigenvalue weighted by Crippen LogP contribution is -2.30. The van der Waals surface area contributed by atoms with E-state index in [0.29, 0.717) is 12.1 Å². The molecule has 1 rings (SSSR count). The van der Waals surface area contributed by atoms with Crippen molar-refractivity contribution in [1.29, 1.82) is 0 Å². The summed E-state index contributed by atoms with van der Waals surface area (Å²) in [6.07, 6.45) is 0.300. The van der Waals surface area contributed by atoms with Gasteiger partial charge in [-0.15, -0.1) is 0 Å². The number of hydrogen-bond acceptors (Lipinski definition) is 5. The summed E-state index contributed by atoms with van der Waals surface area (Å²) < 4.78 is 31.4. The first kappa shape index (κ1) is 14.8. The number of nitrogens with two attached hydrogens (primary N) is 1. The minimum atomic E-state index is -1.19. The second-order valence-corrected chi connectivity index (χ2v) is 3.51. The standard InChI is InChI=1S/C10H11F2N3O4/c11-6-5-9(7(12)4-8(6)15(17)18)19-3-1-2-10(16)14-13/h4-5H,1-3,13H2,(H,14,16). The molecule has 3 N–H and O–H groups in total. The average molecular weight is 275 g/mol. The van der Waals surface area contributed by atoms with E-state index in [1.165, 1.54) is 0 Å². The van der Waals surface area contributed by atoms with Crippen molar-refractivity contribution in [2.24, 2.45) is 5.84 Å². The molecule has 1 amide bonds. The Kier molecular flexibility index (Phi) is 5.12. The molecule has 1 aromatic rings. The number of hydrogen-bond donors (Lipinski definition) is 2. The molecular formula is C10H11F2N3O4. The quantitative estimate of drug-likeness (QED) is 0.265. The van der Waals surface area contributed by atoms with Gasteiger partial charge in [0.2, 0.25) is 11.7 Å². The van der Waals surface area contributed by atoms with Crippen molar-refractivity contribution in [3.63, 3.8) is 0 Å². The highest BCUT2D eigenvalue weighted by atomic mass is 19.1. The van der Waals surface area contributed by atoms with E-state index in [2.05, 4.69) is 0 Å². The Hall–Kier alpha value is -2.29. The Morgan fingerprint density at radius 2 is 2.11 bits per heavy atom. The highest BCUT2D eigenvalue weighted by molar-refractivity contribution is 5.75.